The van der Waals surface area contributed by atoms with Crippen LogP contribution in [0.15, 0.2) is 40.9 Å². The van der Waals surface area contributed by atoms with Crippen LogP contribution in [-0.4, -0.2) is 10.9 Å². The van der Waals surface area contributed by atoms with E-state index in [4.69, 9.17) is 5.26 Å². The molecule has 0 saturated heterocycles. The summed E-state index contributed by atoms with van der Waals surface area (Å²) in [7, 11) is 0. The van der Waals surface area contributed by atoms with Gasteiger partial charge in [-0.25, -0.2) is 4.98 Å². The number of anilines is 1. The summed E-state index contributed by atoms with van der Waals surface area (Å²) >= 11 is 3.35. The third kappa shape index (κ3) is 3.18. The molecule has 0 atom stereocenters. The van der Waals surface area contributed by atoms with Crippen molar-refractivity contribution in [2.45, 2.75) is 6.92 Å². The number of benzene rings is 1. The maximum absolute atomic E-state index is 12.0. The van der Waals surface area contributed by atoms with E-state index >= 15 is 0 Å². The molecular formula is C14H10BrN3O. The van der Waals surface area contributed by atoms with Crippen molar-refractivity contribution in [2.75, 3.05) is 5.32 Å². The minimum absolute atomic E-state index is 0.286. The Bertz CT molecular complexity index is 677. The Balaban J connectivity index is 2.21. The van der Waals surface area contributed by atoms with Crippen molar-refractivity contribution in [2.24, 2.45) is 0 Å². The van der Waals surface area contributed by atoms with E-state index in [1.807, 2.05) is 19.1 Å². The minimum atomic E-state index is -0.286. The zero-order chi connectivity index (χ0) is 13.8. The number of pyridine rings is 1. The molecule has 1 amide bonds. The highest BCUT2D eigenvalue weighted by Crippen LogP contribution is 2.16. The lowest BCUT2D eigenvalue weighted by Crippen LogP contribution is -2.13. The quantitative estimate of drug-likeness (QED) is 0.924. The summed E-state index contributed by atoms with van der Waals surface area (Å²) in [6.45, 7) is 1.84. The van der Waals surface area contributed by atoms with Crippen molar-refractivity contribution in [1.82, 2.24) is 4.98 Å². The van der Waals surface area contributed by atoms with Crippen molar-refractivity contribution < 1.29 is 4.79 Å². The third-order valence-corrected chi connectivity index (χ3v) is 3.35. The number of carbonyl (C=O) groups excluding carboxylic acids is 1. The first kappa shape index (κ1) is 13.2. The van der Waals surface area contributed by atoms with Crippen LogP contribution in [0.1, 0.15) is 21.6 Å². The van der Waals surface area contributed by atoms with Crippen LogP contribution >= 0.6 is 15.9 Å². The zero-order valence-electron chi connectivity index (χ0n) is 10.1. The smallest absolute Gasteiger partial charge is 0.256 e. The highest BCUT2D eigenvalue weighted by molar-refractivity contribution is 9.10. The van der Waals surface area contributed by atoms with Crippen LogP contribution in [0.4, 0.5) is 5.82 Å². The van der Waals surface area contributed by atoms with Gasteiger partial charge in [0, 0.05) is 10.0 Å². The first-order valence-electron chi connectivity index (χ1n) is 5.55. The number of carbonyl (C=O) groups is 1. The van der Waals surface area contributed by atoms with Crippen LogP contribution in [0.25, 0.3) is 0 Å². The number of amides is 1. The summed E-state index contributed by atoms with van der Waals surface area (Å²) in [5.74, 6) is 0.194. The van der Waals surface area contributed by atoms with Crippen molar-refractivity contribution in [3.8, 4) is 6.07 Å². The normalized spacial score (nSPS) is 9.74. The summed E-state index contributed by atoms with van der Waals surface area (Å²) in [5, 5.41) is 11.5. The van der Waals surface area contributed by atoms with Crippen LogP contribution in [0.2, 0.25) is 0 Å². The molecule has 0 spiro atoms. The molecule has 1 aromatic carbocycles. The molecule has 2 rings (SSSR count). The van der Waals surface area contributed by atoms with Gasteiger partial charge >= 0.3 is 0 Å². The predicted molar refractivity (Wildman–Crippen MR) is 75.8 cm³/mol. The second-order valence-corrected chi connectivity index (χ2v) is 4.76. The number of aromatic nitrogens is 1. The molecule has 0 fully saturated rings. The first-order valence-corrected chi connectivity index (χ1v) is 6.34. The SMILES string of the molecule is Cc1nc(NC(=O)c2cccc(C#N)c2)ccc1Br. The maximum atomic E-state index is 12.0. The fourth-order valence-corrected chi connectivity index (χ4v) is 1.75. The maximum Gasteiger partial charge on any atom is 0.256 e. The van der Waals surface area contributed by atoms with Gasteiger partial charge in [0.05, 0.1) is 17.3 Å². The van der Waals surface area contributed by atoms with E-state index in [1.54, 1.807) is 30.3 Å². The number of nitriles is 1. The molecule has 0 bridgehead atoms. The number of hydrogen-bond acceptors (Lipinski definition) is 3. The lowest BCUT2D eigenvalue weighted by atomic mass is 10.1. The average molecular weight is 316 g/mol. The number of halogens is 1. The summed E-state index contributed by atoms with van der Waals surface area (Å²) in [5.41, 5.74) is 1.68. The van der Waals surface area contributed by atoms with Gasteiger partial charge in [0.25, 0.3) is 5.91 Å². The molecule has 2 aromatic rings. The average Bonchev–Trinajstić information content (AvgIpc) is 2.43. The highest BCUT2D eigenvalue weighted by Gasteiger charge is 2.08. The molecule has 0 radical (unpaired) electrons. The van der Waals surface area contributed by atoms with Crippen molar-refractivity contribution in [3.63, 3.8) is 0 Å². The number of aryl methyl sites for hydroxylation is 1. The van der Waals surface area contributed by atoms with Gasteiger partial charge in [-0.05, 0) is 53.2 Å². The van der Waals surface area contributed by atoms with Crippen molar-refractivity contribution >= 4 is 27.7 Å². The molecule has 1 N–H and O–H groups in total. The molecule has 1 aromatic heterocycles. The van der Waals surface area contributed by atoms with Crippen LogP contribution < -0.4 is 5.32 Å². The van der Waals surface area contributed by atoms with Gasteiger partial charge in [0.1, 0.15) is 5.82 Å². The molecule has 94 valence electrons. The molecule has 0 aliphatic heterocycles. The summed E-state index contributed by atoms with van der Waals surface area (Å²) in [6.07, 6.45) is 0. The molecule has 5 heteroatoms. The third-order valence-electron chi connectivity index (χ3n) is 2.52. The Kier molecular flexibility index (Phi) is 3.93. The lowest BCUT2D eigenvalue weighted by molar-refractivity contribution is 0.102. The molecule has 4 nitrogen and oxygen atoms in total. The van der Waals surface area contributed by atoms with Gasteiger partial charge in [0.2, 0.25) is 0 Å². The molecule has 0 aliphatic carbocycles. The van der Waals surface area contributed by atoms with Crippen molar-refractivity contribution in [3.05, 3.63) is 57.7 Å². The lowest BCUT2D eigenvalue weighted by Gasteiger charge is -2.06. The minimum Gasteiger partial charge on any atom is -0.307 e. The van der Waals surface area contributed by atoms with Gasteiger partial charge in [-0.3, -0.25) is 4.79 Å². The molecule has 19 heavy (non-hydrogen) atoms. The Morgan fingerprint density at radius 2 is 2.16 bits per heavy atom. The van der Waals surface area contributed by atoms with Crippen molar-refractivity contribution in [1.29, 1.82) is 5.26 Å². The fraction of sp³-hybridized carbons (Fsp3) is 0.0714. The number of nitrogens with one attached hydrogen (secondary N) is 1. The molecule has 0 aliphatic rings. The largest absolute Gasteiger partial charge is 0.307 e. The molecule has 0 unspecified atom stereocenters. The Labute approximate surface area is 119 Å². The number of nitrogens with zero attached hydrogens (tertiary/aromatic N) is 2. The monoisotopic (exact) mass is 315 g/mol. The number of hydrogen-bond donors (Lipinski definition) is 1. The van der Waals surface area contributed by atoms with Gasteiger partial charge in [-0.1, -0.05) is 6.07 Å². The first-order chi connectivity index (χ1) is 9.10. The topological polar surface area (TPSA) is 65.8 Å². The van der Waals surface area contributed by atoms with Crippen LogP contribution in [-0.2, 0) is 0 Å². The second-order valence-electron chi connectivity index (χ2n) is 3.91. The fourth-order valence-electron chi connectivity index (χ4n) is 1.53. The standard InChI is InChI=1S/C14H10BrN3O/c1-9-12(15)5-6-13(17-9)18-14(19)11-4-2-3-10(7-11)8-16/h2-7H,1H3,(H,17,18,19). The van der Waals surface area contributed by atoms with E-state index in [9.17, 15) is 4.79 Å². The van der Waals surface area contributed by atoms with E-state index in [1.165, 1.54) is 0 Å². The van der Waals surface area contributed by atoms with Gasteiger partial charge in [-0.2, -0.15) is 5.26 Å². The summed E-state index contributed by atoms with van der Waals surface area (Å²) < 4.78 is 0.886. The molecule has 1 heterocycles. The van der Waals surface area contributed by atoms with E-state index in [2.05, 4.69) is 26.2 Å². The van der Waals surface area contributed by atoms with Crippen LogP contribution in [0.5, 0.6) is 0 Å². The van der Waals surface area contributed by atoms with Gasteiger partial charge < -0.3 is 5.32 Å². The molecule has 0 saturated carbocycles. The zero-order valence-corrected chi connectivity index (χ0v) is 11.7. The Hall–Kier alpha value is -2.19. The van der Waals surface area contributed by atoms with Gasteiger partial charge in [-0.15, -0.1) is 0 Å². The number of rotatable bonds is 2. The second kappa shape index (κ2) is 5.63. The molecular weight excluding hydrogens is 306 g/mol. The Morgan fingerprint density at radius 3 is 2.84 bits per heavy atom. The highest BCUT2D eigenvalue weighted by atomic mass is 79.9. The van der Waals surface area contributed by atoms with E-state index in [-0.39, 0.29) is 5.91 Å². The van der Waals surface area contributed by atoms with E-state index in [0.29, 0.717) is 16.9 Å². The summed E-state index contributed by atoms with van der Waals surface area (Å²) in [4.78, 5) is 16.2. The van der Waals surface area contributed by atoms with E-state index < -0.39 is 0 Å². The van der Waals surface area contributed by atoms with Crippen LogP contribution in [0, 0.1) is 18.3 Å². The predicted octanol–water partition coefficient (Wildman–Crippen LogP) is 3.28. The van der Waals surface area contributed by atoms with Gasteiger partial charge in [0.15, 0.2) is 0 Å². The van der Waals surface area contributed by atoms with Crippen LogP contribution in [0.3, 0.4) is 0 Å². The van der Waals surface area contributed by atoms with E-state index in [0.717, 1.165) is 10.2 Å². The Morgan fingerprint density at radius 1 is 1.37 bits per heavy atom. The summed E-state index contributed by atoms with van der Waals surface area (Å²) in [6, 6.07) is 12.1.